The van der Waals surface area contributed by atoms with Gasteiger partial charge in [0.15, 0.2) is 0 Å². The van der Waals surface area contributed by atoms with Crippen LogP contribution in [-0.2, 0) is 4.74 Å². The second kappa shape index (κ2) is 6.04. The average molecular weight is 250 g/mol. The molecule has 0 aromatic carbocycles. The molecule has 2 rings (SSSR count). The minimum absolute atomic E-state index is 0.295. The van der Waals surface area contributed by atoms with Gasteiger partial charge in [-0.15, -0.1) is 0 Å². The molecule has 0 saturated heterocycles. The van der Waals surface area contributed by atoms with Gasteiger partial charge in [0, 0.05) is 19.3 Å². The highest BCUT2D eigenvalue weighted by Crippen LogP contribution is 2.38. The van der Waals surface area contributed by atoms with Crippen molar-refractivity contribution >= 4 is 0 Å². The van der Waals surface area contributed by atoms with Crippen molar-refractivity contribution in [3.63, 3.8) is 0 Å². The first-order valence-corrected chi connectivity index (χ1v) is 7.43. The predicted octanol–water partition coefficient (Wildman–Crippen LogP) is 2.86. The van der Waals surface area contributed by atoms with E-state index in [0.29, 0.717) is 12.0 Å². The van der Waals surface area contributed by atoms with Crippen LogP contribution in [0.2, 0.25) is 0 Å². The Morgan fingerprint density at radius 2 is 2.17 bits per heavy atom. The maximum absolute atomic E-state index is 9.54. The third-order valence-electron chi connectivity index (χ3n) is 4.23. The normalized spacial score (nSPS) is 31.8. The van der Waals surface area contributed by atoms with Crippen LogP contribution < -0.4 is 5.32 Å². The highest BCUT2D eigenvalue weighted by atomic mass is 16.5. The van der Waals surface area contributed by atoms with E-state index in [9.17, 15) is 5.26 Å². The molecule has 0 amide bonds. The van der Waals surface area contributed by atoms with Crippen molar-refractivity contribution in [2.75, 3.05) is 13.2 Å². The summed E-state index contributed by atoms with van der Waals surface area (Å²) >= 11 is 0. The van der Waals surface area contributed by atoms with Gasteiger partial charge in [0.1, 0.15) is 5.54 Å². The molecule has 3 nitrogen and oxygen atoms in total. The Morgan fingerprint density at radius 1 is 1.39 bits per heavy atom. The molecule has 3 heteroatoms. The molecule has 18 heavy (non-hydrogen) atoms. The fourth-order valence-corrected chi connectivity index (χ4v) is 3.11. The van der Waals surface area contributed by atoms with Crippen LogP contribution in [0.25, 0.3) is 0 Å². The number of ether oxygens (including phenoxy) is 1. The van der Waals surface area contributed by atoms with Gasteiger partial charge in [-0.2, -0.15) is 5.26 Å². The molecule has 0 heterocycles. The van der Waals surface area contributed by atoms with E-state index in [0.717, 1.165) is 32.0 Å². The number of hydrogen-bond donors (Lipinski definition) is 1. The van der Waals surface area contributed by atoms with E-state index in [-0.39, 0.29) is 5.54 Å². The van der Waals surface area contributed by atoms with E-state index >= 15 is 0 Å². The topological polar surface area (TPSA) is 45.0 Å². The first-order chi connectivity index (χ1) is 8.66. The summed E-state index contributed by atoms with van der Waals surface area (Å²) in [7, 11) is 0. The van der Waals surface area contributed by atoms with Gasteiger partial charge in [0.05, 0.1) is 6.07 Å². The molecule has 102 valence electrons. The lowest BCUT2D eigenvalue weighted by atomic mass is 9.85. The van der Waals surface area contributed by atoms with E-state index in [4.69, 9.17) is 4.74 Å². The van der Waals surface area contributed by atoms with Gasteiger partial charge in [-0.1, -0.05) is 6.42 Å². The zero-order chi connectivity index (χ0) is 13.0. The standard InChI is InChI=1S/C15H26N2O/c1-12(2)17-15(11-16)8-3-4-14(15)7-9-18-10-13-5-6-13/h12-14,17H,3-10H2,1-2H3. The Morgan fingerprint density at radius 3 is 2.78 bits per heavy atom. The number of nitrogens with one attached hydrogen (secondary N) is 1. The summed E-state index contributed by atoms with van der Waals surface area (Å²) in [6.07, 6.45) is 7.05. The van der Waals surface area contributed by atoms with Crippen LogP contribution in [0.4, 0.5) is 0 Å². The molecular formula is C15H26N2O. The molecule has 2 aliphatic carbocycles. The lowest BCUT2D eigenvalue weighted by Gasteiger charge is -2.32. The van der Waals surface area contributed by atoms with E-state index < -0.39 is 0 Å². The quantitative estimate of drug-likeness (QED) is 0.707. The van der Waals surface area contributed by atoms with E-state index in [2.05, 4.69) is 25.2 Å². The Bertz CT molecular complexity index is 306. The molecule has 0 aromatic rings. The summed E-state index contributed by atoms with van der Waals surface area (Å²) in [5.41, 5.74) is -0.295. The van der Waals surface area contributed by atoms with Crippen molar-refractivity contribution in [1.29, 1.82) is 5.26 Å². The summed E-state index contributed by atoms with van der Waals surface area (Å²) in [6.45, 7) is 6.00. The second-order valence-electron chi connectivity index (χ2n) is 6.28. The van der Waals surface area contributed by atoms with Crippen LogP contribution in [0.15, 0.2) is 0 Å². The Labute approximate surface area is 111 Å². The van der Waals surface area contributed by atoms with Gasteiger partial charge in [-0.3, -0.25) is 5.32 Å². The molecule has 2 aliphatic rings. The number of nitrogens with zero attached hydrogens (tertiary/aromatic N) is 1. The SMILES string of the molecule is CC(C)NC1(C#N)CCCC1CCOCC1CC1. The van der Waals surface area contributed by atoms with Gasteiger partial charge >= 0.3 is 0 Å². The number of nitriles is 1. The Balaban J connectivity index is 1.78. The summed E-state index contributed by atoms with van der Waals surface area (Å²) < 4.78 is 5.73. The van der Waals surface area contributed by atoms with Crippen molar-refractivity contribution in [2.24, 2.45) is 11.8 Å². The molecule has 0 aromatic heterocycles. The maximum Gasteiger partial charge on any atom is 0.109 e. The molecule has 2 unspecified atom stereocenters. The fourth-order valence-electron chi connectivity index (χ4n) is 3.11. The zero-order valence-electron chi connectivity index (χ0n) is 11.7. The van der Waals surface area contributed by atoms with Crippen LogP contribution >= 0.6 is 0 Å². The van der Waals surface area contributed by atoms with Crippen molar-refractivity contribution in [3.05, 3.63) is 0 Å². The van der Waals surface area contributed by atoms with Gasteiger partial charge < -0.3 is 4.74 Å². The highest BCUT2D eigenvalue weighted by molar-refractivity contribution is 5.14. The lowest BCUT2D eigenvalue weighted by molar-refractivity contribution is 0.102. The summed E-state index contributed by atoms with van der Waals surface area (Å²) in [6, 6.07) is 2.93. The van der Waals surface area contributed by atoms with Crippen molar-refractivity contribution in [1.82, 2.24) is 5.32 Å². The minimum Gasteiger partial charge on any atom is -0.381 e. The first-order valence-electron chi connectivity index (χ1n) is 7.43. The minimum atomic E-state index is -0.295. The number of hydrogen-bond acceptors (Lipinski definition) is 3. The molecule has 0 spiro atoms. The maximum atomic E-state index is 9.54. The smallest absolute Gasteiger partial charge is 0.109 e. The fraction of sp³-hybridized carbons (Fsp3) is 0.933. The lowest BCUT2D eigenvalue weighted by Crippen LogP contribution is -2.50. The molecular weight excluding hydrogens is 224 g/mol. The molecule has 2 saturated carbocycles. The van der Waals surface area contributed by atoms with E-state index in [1.54, 1.807) is 0 Å². The average Bonchev–Trinajstić information content (AvgIpc) is 3.07. The van der Waals surface area contributed by atoms with Gasteiger partial charge in [-0.05, 0) is 57.8 Å². The third-order valence-corrected chi connectivity index (χ3v) is 4.23. The van der Waals surface area contributed by atoms with Crippen molar-refractivity contribution < 1.29 is 4.74 Å². The summed E-state index contributed by atoms with van der Waals surface area (Å²) in [4.78, 5) is 0. The zero-order valence-corrected chi connectivity index (χ0v) is 11.7. The van der Waals surface area contributed by atoms with Gasteiger partial charge in [0.2, 0.25) is 0 Å². The van der Waals surface area contributed by atoms with E-state index in [1.165, 1.54) is 25.7 Å². The molecule has 1 N–H and O–H groups in total. The van der Waals surface area contributed by atoms with Crippen LogP contribution in [-0.4, -0.2) is 24.8 Å². The summed E-state index contributed by atoms with van der Waals surface area (Å²) in [5.74, 6) is 1.30. The van der Waals surface area contributed by atoms with Crippen LogP contribution in [0.5, 0.6) is 0 Å². The predicted molar refractivity (Wildman–Crippen MR) is 72.1 cm³/mol. The third kappa shape index (κ3) is 3.46. The first kappa shape index (κ1) is 13.8. The number of rotatable bonds is 7. The largest absolute Gasteiger partial charge is 0.381 e. The van der Waals surface area contributed by atoms with E-state index in [1.807, 2.05) is 0 Å². The molecule has 0 radical (unpaired) electrons. The van der Waals surface area contributed by atoms with Crippen molar-refractivity contribution in [3.8, 4) is 6.07 Å². The Hall–Kier alpha value is -0.590. The Kier molecular flexibility index (Phi) is 4.64. The van der Waals surface area contributed by atoms with Crippen LogP contribution in [0.3, 0.4) is 0 Å². The van der Waals surface area contributed by atoms with Gasteiger partial charge in [0.25, 0.3) is 0 Å². The van der Waals surface area contributed by atoms with Crippen LogP contribution in [0.1, 0.15) is 52.4 Å². The van der Waals surface area contributed by atoms with Crippen molar-refractivity contribution in [2.45, 2.75) is 64.0 Å². The monoisotopic (exact) mass is 250 g/mol. The molecule has 2 atom stereocenters. The molecule has 0 bridgehead atoms. The second-order valence-corrected chi connectivity index (χ2v) is 6.28. The van der Waals surface area contributed by atoms with Crippen LogP contribution in [0, 0.1) is 23.2 Å². The summed E-state index contributed by atoms with van der Waals surface area (Å²) in [5, 5.41) is 13.0. The van der Waals surface area contributed by atoms with Gasteiger partial charge in [-0.25, -0.2) is 0 Å². The molecule has 0 aliphatic heterocycles. The highest BCUT2D eigenvalue weighted by Gasteiger charge is 2.43. The molecule has 2 fully saturated rings.